The van der Waals surface area contributed by atoms with E-state index in [9.17, 15) is 4.79 Å². The van der Waals surface area contributed by atoms with E-state index in [-0.39, 0.29) is 11.3 Å². The summed E-state index contributed by atoms with van der Waals surface area (Å²) in [6, 6.07) is 7.67. The summed E-state index contributed by atoms with van der Waals surface area (Å²) in [5, 5.41) is 3.23. The summed E-state index contributed by atoms with van der Waals surface area (Å²) in [5.74, 6) is 0.441. The number of halogens is 1. The molecule has 0 aliphatic heterocycles. The Labute approximate surface area is 114 Å². The number of hydrogen-bond acceptors (Lipinski definition) is 1. The normalized spacial score (nSPS) is 23.7. The average molecular weight is 266 g/mol. The Morgan fingerprint density at radius 2 is 2.06 bits per heavy atom. The van der Waals surface area contributed by atoms with Crippen LogP contribution in [0.4, 0.5) is 0 Å². The number of amides is 1. The molecule has 0 heterocycles. The lowest BCUT2D eigenvalue weighted by Crippen LogP contribution is -2.34. The molecule has 0 bridgehead atoms. The lowest BCUT2D eigenvalue weighted by molar-refractivity contribution is 0.0943. The molecule has 0 radical (unpaired) electrons. The molecule has 3 heteroatoms. The number of benzene rings is 1. The van der Waals surface area contributed by atoms with Crippen LogP contribution in [0.2, 0.25) is 0 Å². The van der Waals surface area contributed by atoms with Crippen molar-refractivity contribution in [3.05, 3.63) is 35.4 Å². The van der Waals surface area contributed by atoms with Gasteiger partial charge in [0, 0.05) is 17.5 Å². The molecule has 2 rings (SSSR count). The van der Waals surface area contributed by atoms with E-state index in [4.69, 9.17) is 11.6 Å². The number of aryl methyl sites for hydroxylation is 1. The van der Waals surface area contributed by atoms with Gasteiger partial charge in [0.05, 0.1) is 0 Å². The molecular weight excluding hydrogens is 246 g/mol. The van der Waals surface area contributed by atoms with Crippen molar-refractivity contribution in [1.82, 2.24) is 5.32 Å². The van der Waals surface area contributed by atoms with Gasteiger partial charge in [-0.1, -0.05) is 31.0 Å². The van der Waals surface area contributed by atoms with Crippen molar-refractivity contribution in [2.45, 2.75) is 38.0 Å². The summed E-state index contributed by atoms with van der Waals surface area (Å²) in [4.78, 5) is 12.1. The topological polar surface area (TPSA) is 29.1 Å². The zero-order valence-corrected chi connectivity index (χ0v) is 11.5. The van der Waals surface area contributed by atoms with Gasteiger partial charge in [-0.2, -0.15) is 0 Å². The maximum atomic E-state index is 12.1. The van der Waals surface area contributed by atoms with Crippen molar-refractivity contribution in [3.8, 4) is 0 Å². The molecule has 1 amide bonds. The molecule has 2 atom stereocenters. The molecule has 1 aliphatic carbocycles. The molecule has 2 nitrogen and oxygen atoms in total. The Hall–Kier alpha value is -1.02. The van der Waals surface area contributed by atoms with Gasteiger partial charge in [0.15, 0.2) is 0 Å². The predicted molar refractivity (Wildman–Crippen MR) is 75.1 cm³/mol. The summed E-state index contributed by atoms with van der Waals surface area (Å²) in [7, 11) is 0. The summed E-state index contributed by atoms with van der Waals surface area (Å²) in [5.41, 5.74) is 1.78. The van der Waals surface area contributed by atoms with Crippen LogP contribution in [-0.2, 0) is 0 Å². The highest BCUT2D eigenvalue weighted by atomic mass is 35.5. The second-order valence-electron chi connectivity index (χ2n) is 5.09. The first kappa shape index (κ1) is 13.4. The number of rotatable bonds is 3. The molecule has 1 fully saturated rings. The van der Waals surface area contributed by atoms with Crippen LogP contribution in [0.1, 0.15) is 41.6 Å². The lowest BCUT2D eigenvalue weighted by Gasteiger charge is -2.27. The molecule has 98 valence electrons. The minimum absolute atomic E-state index is 0.0162. The highest BCUT2D eigenvalue weighted by Crippen LogP contribution is 2.28. The second-order valence-corrected chi connectivity index (χ2v) is 5.65. The number of alkyl halides is 1. The first-order chi connectivity index (χ1) is 8.68. The standard InChI is InChI=1S/C15H20ClNO/c1-11-6-2-4-8-13(11)15(18)17-10-12-7-3-5-9-14(12)16/h2,4,6,8,12,14H,3,5,7,9-10H2,1H3,(H,17,18). The molecule has 2 unspecified atom stereocenters. The van der Waals surface area contributed by atoms with Crippen LogP contribution >= 0.6 is 11.6 Å². The van der Waals surface area contributed by atoms with Crippen LogP contribution in [0, 0.1) is 12.8 Å². The van der Waals surface area contributed by atoms with Crippen LogP contribution < -0.4 is 5.32 Å². The van der Waals surface area contributed by atoms with Crippen molar-refractivity contribution in [3.63, 3.8) is 0 Å². The predicted octanol–water partition coefficient (Wildman–Crippen LogP) is 3.52. The van der Waals surface area contributed by atoms with Crippen molar-refractivity contribution < 1.29 is 4.79 Å². The minimum atomic E-state index is 0.0162. The maximum absolute atomic E-state index is 12.1. The molecule has 18 heavy (non-hydrogen) atoms. The Morgan fingerprint density at radius 1 is 1.33 bits per heavy atom. The Morgan fingerprint density at radius 3 is 2.78 bits per heavy atom. The van der Waals surface area contributed by atoms with Gasteiger partial charge >= 0.3 is 0 Å². The van der Waals surface area contributed by atoms with Gasteiger partial charge in [0.2, 0.25) is 0 Å². The van der Waals surface area contributed by atoms with E-state index < -0.39 is 0 Å². The third-order valence-corrected chi connectivity index (χ3v) is 4.31. The summed E-state index contributed by atoms with van der Waals surface area (Å²) < 4.78 is 0. The first-order valence-electron chi connectivity index (χ1n) is 6.66. The van der Waals surface area contributed by atoms with E-state index in [2.05, 4.69) is 5.32 Å². The molecule has 0 spiro atoms. The van der Waals surface area contributed by atoms with Gasteiger partial charge in [-0.25, -0.2) is 0 Å². The quantitative estimate of drug-likeness (QED) is 0.833. The zero-order valence-electron chi connectivity index (χ0n) is 10.8. The molecule has 0 saturated heterocycles. The van der Waals surface area contributed by atoms with Gasteiger partial charge < -0.3 is 5.32 Å². The van der Waals surface area contributed by atoms with Gasteiger partial charge in [-0.3, -0.25) is 4.79 Å². The van der Waals surface area contributed by atoms with Crippen molar-refractivity contribution in [2.75, 3.05) is 6.54 Å². The van der Waals surface area contributed by atoms with Crippen molar-refractivity contribution in [1.29, 1.82) is 0 Å². The lowest BCUT2D eigenvalue weighted by atomic mass is 9.88. The van der Waals surface area contributed by atoms with Crippen molar-refractivity contribution >= 4 is 17.5 Å². The second kappa shape index (κ2) is 6.24. The van der Waals surface area contributed by atoms with Gasteiger partial charge in [-0.15, -0.1) is 11.6 Å². The number of carbonyl (C=O) groups excluding carboxylic acids is 1. The summed E-state index contributed by atoms with van der Waals surface area (Å²) >= 11 is 6.29. The van der Waals surface area contributed by atoms with Crippen LogP contribution in [0.25, 0.3) is 0 Å². The van der Waals surface area contributed by atoms with Crippen LogP contribution in [0.3, 0.4) is 0 Å². The van der Waals surface area contributed by atoms with Gasteiger partial charge in [0.1, 0.15) is 0 Å². The molecule has 1 aromatic carbocycles. The van der Waals surface area contributed by atoms with E-state index in [0.29, 0.717) is 12.5 Å². The fourth-order valence-corrected chi connectivity index (χ4v) is 2.91. The number of carbonyl (C=O) groups is 1. The number of nitrogens with one attached hydrogen (secondary N) is 1. The number of hydrogen-bond donors (Lipinski definition) is 1. The molecule has 1 N–H and O–H groups in total. The largest absolute Gasteiger partial charge is 0.352 e. The van der Waals surface area contributed by atoms with Gasteiger partial charge in [-0.05, 0) is 37.3 Å². The monoisotopic (exact) mass is 265 g/mol. The Balaban J connectivity index is 1.90. The molecule has 1 aliphatic rings. The molecule has 1 saturated carbocycles. The van der Waals surface area contributed by atoms with Crippen LogP contribution in [-0.4, -0.2) is 17.8 Å². The van der Waals surface area contributed by atoms with Crippen LogP contribution in [0.5, 0.6) is 0 Å². The third-order valence-electron chi connectivity index (χ3n) is 3.73. The van der Waals surface area contributed by atoms with E-state index in [1.54, 1.807) is 0 Å². The van der Waals surface area contributed by atoms with Gasteiger partial charge in [0.25, 0.3) is 5.91 Å². The van der Waals surface area contributed by atoms with E-state index in [0.717, 1.165) is 24.0 Å². The fraction of sp³-hybridized carbons (Fsp3) is 0.533. The van der Waals surface area contributed by atoms with Crippen LogP contribution in [0.15, 0.2) is 24.3 Å². The fourth-order valence-electron chi connectivity index (χ4n) is 2.54. The smallest absolute Gasteiger partial charge is 0.251 e. The first-order valence-corrected chi connectivity index (χ1v) is 7.10. The Bertz CT molecular complexity index is 419. The highest BCUT2D eigenvalue weighted by Gasteiger charge is 2.23. The highest BCUT2D eigenvalue weighted by molar-refractivity contribution is 6.20. The SMILES string of the molecule is Cc1ccccc1C(=O)NCC1CCCCC1Cl. The third kappa shape index (κ3) is 3.26. The van der Waals surface area contributed by atoms with Crippen molar-refractivity contribution in [2.24, 2.45) is 5.92 Å². The minimum Gasteiger partial charge on any atom is -0.352 e. The molecule has 0 aromatic heterocycles. The van der Waals surface area contributed by atoms with E-state index in [1.165, 1.54) is 12.8 Å². The summed E-state index contributed by atoms with van der Waals surface area (Å²) in [6.45, 7) is 2.65. The molecule has 1 aromatic rings. The summed E-state index contributed by atoms with van der Waals surface area (Å²) in [6.07, 6.45) is 4.65. The average Bonchev–Trinajstić information content (AvgIpc) is 2.38. The van der Waals surface area contributed by atoms with E-state index >= 15 is 0 Å². The van der Waals surface area contributed by atoms with E-state index in [1.807, 2.05) is 31.2 Å². The maximum Gasteiger partial charge on any atom is 0.251 e. The zero-order chi connectivity index (χ0) is 13.0. The Kier molecular flexibility index (Phi) is 4.65. The molecular formula is C15H20ClNO.